The van der Waals surface area contributed by atoms with Crippen LogP contribution >= 0.6 is 0 Å². The normalized spacial score (nSPS) is 12.1. The summed E-state index contributed by atoms with van der Waals surface area (Å²) in [6.45, 7) is 6.66. The van der Waals surface area contributed by atoms with E-state index in [4.69, 9.17) is 9.72 Å². The molecular formula is C52H38N4O2. The van der Waals surface area contributed by atoms with Gasteiger partial charge in [-0.15, -0.1) is 0 Å². The van der Waals surface area contributed by atoms with Gasteiger partial charge in [0.15, 0.2) is 0 Å². The molecule has 58 heavy (non-hydrogen) atoms. The van der Waals surface area contributed by atoms with Crippen molar-refractivity contribution in [3.8, 4) is 23.0 Å². The zero-order chi connectivity index (χ0) is 39.1. The van der Waals surface area contributed by atoms with Crippen molar-refractivity contribution in [1.29, 1.82) is 0 Å². The highest BCUT2D eigenvalue weighted by Gasteiger charge is 2.20. The fourth-order valence-corrected chi connectivity index (χ4v) is 8.83. The van der Waals surface area contributed by atoms with Gasteiger partial charge in [-0.2, -0.15) is 0 Å². The first-order chi connectivity index (χ1) is 28.3. The Bertz CT molecular complexity index is 3560. The molecule has 11 rings (SSSR count). The average Bonchev–Trinajstić information content (AvgIpc) is 3.75. The topological polar surface area (TPSA) is 53.5 Å². The van der Waals surface area contributed by atoms with Gasteiger partial charge in [0.25, 0.3) is 0 Å². The van der Waals surface area contributed by atoms with Crippen LogP contribution in [0.4, 0.5) is 0 Å². The molecule has 0 bridgehead atoms. The fourth-order valence-electron chi connectivity index (χ4n) is 8.83. The monoisotopic (exact) mass is 750 g/mol. The quantitative estimate of drug-likeness (QED) is 0.180. The first kappa shape index (κ1) is 33.9. The molecule has 0 unspecified atom stereocenters. The number of hydrogen-bond donors (Lipinski definition) is 0. The molecule has 0 atom stereocenters. The minimum Gasteiger partial charge on any atom is -0.457 e. The smallest absolute Gasteiger partial charge is 0.338 e. The molecule has 0 saturated heterocycles. The lowest BCUT2D eigenvalue weighted by molar-refractivity contribution is 0.483. The fraction of sp³-hybridized carbons (Fsp3) is 0.0769. The number of imidazole rings is 1. The number of nitrogens with zero attached hydrogens (tertiary/aromatic N) is 4. The Hall–Kier alpha value is -7.44. The molecule has 0 amide bonds. The summed E-state index contributed by atoms with van der Waals surface area (Å²) in [4.78, 5) is 20.0. The molecule has 0 aliphatic carbocycles. The van der Waals surface area contributed by atoms with Gasteiger partial charge in [-0.3, -0.25) is 13.5 Å². The van der Waals surface area contributed by atoms with Gasteiger partial charge in [0.05, 0.1) is 33.3 Å². The van der Waals surface area contributed by atoms with E-state index in [1.165, 1.54) is 5.56 Å². The lowest BCUT2D eigenvalue weighted by Crippen LogP contribution is -2.18. The first-order valence-corrected chi connectivity index (χ1v) is 19.7. The van der Waals surface area contributed by atoms with Gasteiger partial charge in [0, 0.05) is 39.9 Å². The number of para-hydroxylation sites is 3. The van der Waals surface area contributed by atoms with Crippen LogP contribution in [0.25, 0.3) is 82.2 Å². The van der Waals surface area contributed by atoms with Crippen molar-refractivity contribution in [2.75, 3.05) is 0 Å². The highest BCUT2D eigenvalue weighted by Crippen LogP contribution is 2.38. The molecule has 0 radical (unpaired) electrons. The van der Waals surface area contributed by atoms with Crippen LogP contribution in [0.3, 0.4) is 0 Å². The summed E-state index contributed by atoms with van der Waals surface area (Å²) < 4.78 is 12.6. The number of ether oxygens (including phenoxy) is 1. The van der Waals surface area contributed by atoms with Crippen LogP contribution in [0.15, 0.2) is 181 Å². The maximum Gasteiger partial charge on any atom is 0.338 e. The zero-order valence-corrected chi connectivity index (χ0v) is 32.3. The van der Waals surface area contributed by atoms with Gasteiger partial charge in [0.1, 0.15) is 17.3 Å². The van der Waals surface area contributed by atoms with Gasteiger partial charge in [-0.05, 0) is 87.1 Å². The third kappa shape index (κ3) is 5.18. The summed E-state index contributed by atoms with van der Waals surface area (Å²) in [5, 5.41) is 8.67. The summed E-state index contributed by atoms with van der Waals surface area (Å²) >= 11 is 0. The lowest BCUT2D eigenvalue weighted by atomic mass is 9.88. The van der Waals surface area contributed by atoms with Crippen molar-refractivity contribution in [1.82, 2.24) is 18.5 Å². The summed E-state index contributed by atoms with van der Waals surface area (Å²) in [7, 11) is 0. The summed E-state index contributed by atoms with van der Waals surface area (Å²) in [6, 6.07) is 58.1. The number of pyridine rings is 1. The minimum absolute atomic E-state index is 0.0274. The Labute approximate surface area is 334 Å². The number of fused-ring (bicyclic) bond motifs is 10. The molecule has 0 saturated carbocycles. The van der Waals surface area contributed by atoms with E-state index >= 15 is 4.79 Å². The second kappa shape index (κ2) is 12.8. The van der Waals surface area contributed by atoms with Crippen LogP contribution in [0.5, 0.6) is 11.5 Å². The van der Waals surface area contributed by atoms with Crippen LogP contribution in [0.2, 0.25) is 0 Å². The van der Waals surface area contributed by atoms with Gasteiger partial charge < -0.3 is 4.74 Å². The number of hydrogen-bond acceptors (Lipinski definition) is 3. The third-order valence-electron chi connectivity index (χ3n) is 11.5. The molecule has 6 heteroatoms. The van der Waals surface area contributed by atoms with E-state index in [1.807, 2.05) is 75.8 Å². The lowest BCUT2D eigenvalue weighted by Gasteiger charge is -2.20. The Balaban J connectivity index is 1.11. The van der Waals surface area contributed by atoms with E-state index in [0.717, 1.165) is 76.5 Å². The predicted octanol–water partition coefficient (Wildman–Crippen LogP) is 12.8. The van der Waals surface area contributed by atoms with E-state index in [9.17, 15) is 0 Å². The molecule has 0 aliphatic rings. The number of benzene rings is 7. The minimum atomic E-state index is -0.153. The Morgan fingerprint density at radius 3 is 1.74 bits per heavy atom. The molecule has 0 aliphatic heterocycles. The molecule has 0 spiro atoms. The SMILES string of the molecule is CC(C)(C)c1ccnc(-n2c3ccccc3c3ccc(Oc4cccc(-n5c(=O)n6c7ccccc7c7ccccc7c7ccccc7c7cccc5c76)c4)cc32)c1. The van der Waals surface area contributed by atoms with E-state index in [-0.39, 0.29) is 11.1 Å². The van der Waals surface area contributed by atoms with Gasteiger partial charge >= 0.3 is 5.69 Å². The molecule has 0 fully saturated rings. The van der Waals surface area contributed by atoms with E-state index in [0.29, 0.717) is 17.2 Å². The van der Waals surface area contributed by atoms with Crippen molar-refractivity contribution < 1.29 is 4.74 Å². The van der Waals surface area contributed by atoms with E-state index < -0.39 is 0 Å². The molecule has 4 aromatic heterocycles. The van der Waals surface area contributed by atoms with Gasteiger partial charge in [0.2, 0.25) is 0 Å². The summed E-state index contributed by atoms with van der Waals surface area (Å²) in [5.41, 5.74) is 6.33. The van der Waals surface area contributed by atoms with E-state index in [1.54, 1.807) is 0 Å². The van der Waals surface area contributed by atoms with Crippen molar-refractivity contribution in [3.63, 3.8) is 0 Å². The predicted molar refractivity (Wildman–Crippen MR) is 239 cm³/mol. The zero-order valence-electron chi connectivity index (χ0n) is 32.3. The standard InChI is InChI=1S/C52H38N4O2/c1-52(2,3)33-28-29-53-49(30-33)55-45-23-10-9-21-42(45)43-27-26-36(32-48(43)55)58-35-15-12-14-34(31-35)54-47-25-13-22-44-40-19-7-5-17-38(40)37-16-4-6-18-39(37)41-20-8-11-24-46(41)56(50(44)47)51(54)57/h4-32H,1-3H3. The van der Waals surface area contributed by atoms with Gasteiger partial charge in [-0.1, -0.05) is 124 Å². The second-order valence-electron chi connectivity index (χ2n) is 16.0. The van der Waals surface area contributed by atoms with Crippen molar-refractivity contribution in [2.24, 2.45) is 0 Å². The Morgan fingerprint density at radius 1 is 0.466 bits per heavy atom. The summed E-state index contributed by atoms with van der Waals surface area (Å²) in [6.07, 6.45) is 1.90. The average molecular weight is 751 g/mol. The first-order valence-electron chi connectivity index (χ1n) is 19.7. The number of aromatic nitrogens is 4. The van der Waals surface area contributed by atoms with Crippen LogP contribution in [0, 0.1) is 0 Å². The van der Waals surface area contributed by atoms with Crippen molar-refractivity contribution >= 4 is 70.7 Å². The number of rotatable bonds is 4. The molecule has 6 nitrogen and oxygen atoms in total. The van der Waals surface area contributed by atoms with Crippen LogP contribution in [-0.2, 0) is 5.41 Å². The molecule has 4 heterocycles. The second-order valence-corrected chi connectivity index (χ2v) is 16.0. The largest absolute Gasteiger partial charge is 0.457 e. The molecule has 11 aromatic rings. The Morgan fingerprint density at radius 2 is 1.02 bits per heavy atom. The molecule has 278 valence electrons. The Kier molecular flexibility index (Phi) is 7.47. The molecular weight excluding hydrogens is 713 g/mol. The van der Waals surface area contributed by atoms with Crippen LogP contribution < -0.4 is 10.4 Å². The highest BCUT2D eigenvalue weighted by atomic mass is 16.5. The van der Waals surface area contributed by atoms with Crippen molar-refractivity contribution in [2.45, 2.75) is 26.2 Å². The van der Waals surface area contributed by atoms with Crippen LogP contribution in [-0.4, -0.2) is 18.5 Å². The maximum atomic E-state index is 15.1. The summed E-state index contributed by atoms with van der Waals surface area (Å²) in [5.74, 6) is 2.17. The van der Waals surface area contributed by atoms with E-state index in [2.05, 4.69) is 135 Å². The molecule has 7 aromatic carbocycles. The van der Waals surface area contributed by atoms with Gasteiger partial charge in [-0.25, -0.2) is 9.78 Å². The third-order valence-corrected chi connectivity index (χ3v) is 11.5. The maximum absolute atomic E-state index is 15.1. The van der Waals surface area contributed by atoms with Crippen molar-refractivity contribution in [3.05, 3.63) is 192 Å². The molecule has 0 N–H and O–H groups in total. The van der Waals surface area contributed by atoms with Crippen LogP contribution in [0.1, 0.15) is 26.3 Å². The highest BCUT2D eigenvalue weighted by molar-refractivity contribution is 6.20.